The molecule has 0 unspecified atom stereocenters. The Morgan fingerprint density at radius 1 is 1.17 bits per heavy atom. The van der Waals surface area contributed by atoms with E-state index in [4.69, 9.17) is 5.73 Å². The first-order valence-corrected chi connectivity index (χ1v) is 6.15. The molecule has 0 saturated carbocycles. The van der Waals surface area contributed by atoms with E-state index in [1.807, 2.05) is 12.1 Å². The number of nitrogens with one attached hydrogen (secondary N) is 1. The average Bonchev–Trinajstić information content (AvgIpc) is 2.30. The Balaban J connectivity index is 3.24. The summed E-state index contributed by atoms with van der Waals surface area (Å²) >= 11 is 0. The van der Waals surface area contributed by atoms with Crippen LogP contribution in [0.1, 0.15) is 50.7 Å². The molecule has 4 heteroatoms. The minimum Gasteiger partial charge on any atom is -0.453 e. The molecular formula is C14H22N2O2. The van der Waals surface area contributed by atoms with Crippen LogP contribution in [0.2, 0.25) is 0 Å². The van der Waals surface area contributed by atoms with Crippen LogP contribution in [0.15, 0.2) is 12.1 Å². The van der Waals surface area contributed by atoms with Crippen LogP contribution >= 0.6 is 0 Å². The van der Waals surface area contributed by atoms with Gasteiger partial charge in [0.25, 0.3) is 0 Å². The van der Waals surface area contributed by atoms with E-state index in [-0.39, 0.29) is 0 Å². The van der Waals surface area contributed by atoms with Gasteiger partial charge < -0.3 is 10.5 Å². The van der Waals surface area contributed by atoms with Crippen molar-refractivity contribution in [2.24, 2.45) is 0 Å². The molecule has 0 aromatic heterocycles. The van der Waals surface area contributed by atoms with Crippen LogP contribution < -0.4 is 11.1 Å². The highest BCUT2D eigenvalue weighted by molar-refractivity contribution is 5.85. The van der Waals surface area contributed by atoms with E-state index >= 15 is 0 Å². The number of methoxy groups -OCH3 is 1. The van der Waals surface area contributed by atoms with Gasteiger partial charge in [-0.05, 0) is 35.1 Å². The summed E-state index contributed by atoms with van der Waals surface area (Å²) < 4.78 is 4.60. The van der Waals surface area contributed by atoms with Gasteiger partial charge in [-0.25, -0.2) is 4.79 Å². The fourth-order valence-corrected chi connectivity index (χ4v) is 1.90. The number of hydrogen-bond acceptors (Lipinski definition) is 3. The molecule has 0 saturated heterocycles. The predicted octanol–water partition coefficient (Wildman–Crippen LogP) is 3.69. The van der Waals surface area contributed by atoms with Crippen molar-refractivity contribution >= 4 is 17.5 Å². The number of carbonyl (C=O) groups is 1. The van der Waals surface area contributed by atoms with Gasteiger partial charge in [0.2, 0.25) is 0 Å². The smallest absolute Gasteiger partial charge is 0.411 e. The summed E-state index contributed by atoms with van der Waals surface area (Å²) in [5.74, 6) is 0.615. The number of nitrogens with two attached hydrogens (primary N) is 1. The van der Waals surface area contributed by atoms with E-state index in [1.54, 1.807) is 0 Å². The van der Waals surface area contributed by atoms with Gasteiger partial charge >= 0.3 is 6.09 Å². The van der Waals surface area contributed by atoms with Gasteiger partial charge in [-0.3, -0.25) is 5.32 Å². The Hall–Kier alpha value is -1.71. The van der Waals surface area contributed by atoms with Gasteiger partial charge in [-0.1, -0.05) is 27.7 Å². The summed E-state index contributed by atoms with van der Waals surface area (Å²) in [5, 5.41) is 2.69. The lowest BCUT2D eigenvalue weighted by Gasteiger charge is -2.18. The van der Waals surface area contributed by atoms with Crippen molar-refractivity contribution < 1.29 is 9.53 Å². The van der Waals surface area contributed by atoms with Crippen molar-refractivity contribution in [3.63, 3.8) is 0 Å². The fourth-order valence-electron chi connectivity index (χ4n) is 1.90. The van der Waals surface area contributed by atoms with Gasteiger partial charge in [0.15, 0.2) is 0 Å². The SMILES string of the molecule is COC(=O)Nc1cc(C(C)C)c(N)c(C(C)C)c1. The van der Waals surface area contributed by atoms with E-state index in [2.05, 4.69) is 37.7 Å². The highest BCUT2D eigenvalue weighted by Crippen LogP contribution is 2.33. The molecule has 1 aromatic rings. The number of benzene rings is 1. The standard InChI is InChI=1S/C14H22N2O2/c1-8(2)11-6-10(16-14(17)18-5)7-12(9(3)4)13(11)15/h6-9H,15H2,1-5H3,(H,16,17). The predicted molar refractivity (Wildman–Crippen MR) is 75.1 cm³/mol. The van der Waals surface area contributed by atoms with E-state index in [0.29, 0.717) is 11.8 Å². The maximum atomic E-state index is 11.3. The van der Waals surface area contributed by atoms with E-state index < -0.39 is 6.09 Å². The van der Waals surface area contributed by atoms with Crippen molar-refractivity contribution in [2.75, 3.05) is 18.2 Å². The first-order valence-electron chi connectivity index (χ1n) is 6.15. The minimum absolute atomic E-state index is 0.307. The molecule has 0 aliphatic carbocycles. The van der Waals surface area contributed by atoms with Crippen LogP contribution in [0.3, 0.4) is 0 Å². The second-order valence-corrected chi connectivity index (χ2v) is 4.99. The first-order chi connectivity index (χ1) is 8.36. The van der Waals surface area contributed by atoms with Crippen molar-refractivity contribution in [3.05, 3.63) is 23.3 Å². The number of carbonyl (C=O) groups excluding carboxylic acids is 1. The molecule has 0 heterocycles. The lowest BCUT2D eigenvalue weighted by atomic mass is 9.92. The summed E-state index contributed by atoms with van der Waals surface area (Å²) in [6.45, 7) is 8.32. The van der Waals surface area contributed by atoms with Crippen LogP contribution in [-0.2, 0) is 4.74 Å². The van der Waals surface area contributed by atoms with Crippen molar-refractivity contribution in [1.29, 1.82) is 0 Å². The molecule has 100 valence electrons. The zero-order valence-electron chi connectivity index (χ0n) is 11.7. The molecular weight excluding hydrogens is 228 g/mol. The summed E-state index contributed by atoms with van der Waals surface area (Å²) in [6.07, 6.45) is -0.468. The second-order valence-electron chi connectivity index (χ2n) is 4.99. The molecule has 1 rings (SSSR count). The van der Waals surface area contributed by atoms with Crippen molar-refractivity contribution in [3.8, 4) is 0 Å². The maximum Gasteiger partial charge on any atom is 0.411 e. The van der Waals surface area contributed by atoms with Crippen LogP contribution in [0, 0.1) is 0 Å². The van der Waals surface area contributed by atoms with Gasteiger partial charge in [-0.2, -0.15) is 0 Å². The third-order valence-electron chi connectivity index (χ3n) is 2.92. The number of nitrogen functional groups attached to an aromatic ring is 1. The Bertz CT molecular complexity index is 410. The molecule has 0 spiro atoms. The highest BCUT2D eigenvalue weighted by atomic mass is 16.5. The van der Waals surface area contributed by atoms with E-state index in [0.717, 1.165) is 22.5 Å². The molecule has 18 heavy (non-hydrogen) atoms. The van der Waals surface area contributed by atoms with Gasteiger partial charge in [-0.15, -0.1) is 0 Å². The van der Waals surface area contributed by atoms with E-state index in [9.17, 15) is 4.79 Å². The minimum atomic E-state index is -0.468. The van der Waals surface area contributed by atoms with Crippen molar-refractivity contribution in [1.82, 2.24) is 0 Å². The third kappa shape index (κ3) is 3.15. The second kappa shape index (κ2) is 5.76. The number of rotatable bonds is 3. The van der Waals surface area contributed by atoms with Gasteiger partial charge in [0.1, 0.15) is 0 Å². The molecule has 0 atom stereocenters. The number of amides is 1. The van der Waals surface area contributed by atoms with E-state index in [1.165, 1.54) is 7.11 Å². The fraction of sp³-hybridized carbons (Fsp3) is 0.500. The Morgan fingerprint density at radius 2 is 1.61 bits per heavy atom. The molecule has 0 bridgehead atoms. The topological polar surface area (TPSA) is 64.3 Å². The lowest BCUT2D eigenvalue weighted by molar-refractivity contribution is 0.187. The van der Waals surface area contributed by atoms with Gasteiger partial charge in [0, 0.05) is 11.4 Å². The summed E-state index contributed by atoms with van der Waals surface area (Å²) in [6, 6.07) is 3.81. The molecule has 1 amide bonds. The van der Waals surface area contributed by atoms with Crippen LogP contribution in [0.4, 0.5) is 16.2 Å². The first kappa shape index (κ1) is 14.4. The monoisotopic (exact) mass is 250 g/mol. The van der Waals surface area contributed by atoms with Crippen LogP contribution in [0.25, 0.3) is 0 Å². The van der Waals surface area contributed by atoms with Crippen molar-refractivity contribution in [2.45, 2.75) is 39.5 Å². The molecule has 4 nitrogen and oxygen atoms in total. The van der Waals surface area contributed by atoms with Gasteiger partial charge in [0.05, 0.1) is 7.11 Å². The highest BCUT2D eigenvalue weighted by Gasteiger charge is 2.14. The van der Waals surface area contributed by atoms with Crippen LogP contribution in [-0.4, -0.2) is 13.2 Å². The Kier molecular flexibility index (Phi) is 4.59. The molecule has 3 N–H and O–H groups in total. The molecule has 0 aliphatic rings. The lowest BCUT2D eigenvalue weighted by Crippen LogP contribution is -2.13. The maximum absolute atomic E-state index is 11.3. The normalized spacial score (nSPS) is 10.8. The molecule has 1 aromatic carbocycles. The summed E-state index contributed by atoms with van der Waals surface area (Å²) in [7, 11) is 1.35. The summed E-state index contributed by atoms with van der Waals surface area (Å²) in [4.78, 5) is 11.3. The summed E-state index contributed by atoms with van der Waals surface area (Å²) in [5.41, 5.74) is 9.81. The largest absolute Gasteiger partial charge is 0.453 e. The number of anilines is 2. The quantitative estimate of drug-likeness (QED) is 0.804. The number of hydrogen-bond donors (Lipinski definition) is 2. The van der Waals surface area contributed by atoms with Crippen LogP contribution in [0.5, 0.6) is 0 Å². The Morgan fingerprint density at radius 3 is 1.94 bits per heavy atom. The molecule has 0 radical (unpaired) electrons. The Labute approximate surface area is 109 Å². The zero-order chi connectivity index (χ0) is 13.9. The zero-order valence-corrected chi connectivity index (χ0v) is 11.7. The average molecular weight is 250 g/mol. The number of ether oxygens (including phenoxy) is 1. The third-order valence-corrected chi connectivity index (χ3v) is 2.92. The molecule has 0 fully saturated rings. The molecule has 0 aliphatic heterocycles.